The SMILES string of the molecule is O=CC1=NCc2ncccc21. The highest BCUT2D eigenvalue weighted by atomic mass is 16.1. The number of nitrogens with zero attached hydrogens (tertiary/aromatic N) is 2. The van der Waals surface area contributed by atoms with Crippen LogP contribution < -0.4 is 0 Å². The van der Waals surface area contributed by atoms with Gasteiger partial charge in [0, 0.05) is 11.8 Å². The molecule has 0 atom stereocenters. The van der Waals surface area contributed by atoms with Crippen LogP contribution >= 0.6 is 0 Å². The van der Waals surface area contributed by atoms with Crippen molar-refractivity contribution in [1.82, 2.24) is 4.98 Å². The number of aldehydes is 1. The zero-order valence-corrected chi connectivity index (χ0v) is 5.82. The molecule has 3 heteroatoms. The average molecular weight is 146 g/mol. The molecule has 11 heavy (non-hydrogen) atoms. The van der Waals surface area contributed by atoms with Crippen molar-refractivity contribution in [3.63, 3.8) is 0 Å². The Hall–Kier alpha value is -1.51. The summed E-state index contributed by atoms with van der Waals surface area (Å²) in [7, 11) is 0. The minimum atomic E-state index is 0.521. The smallest absolute Gasteiger partial charge is 0.168 e. The Morgan fingerprint density at radius 3 is 3.27 bits per heavy atom. The Bertz CT molecular complexity index is 331. The minimum absolute atomic E-state index is 0.521. The number of pyridine rings is 1. The van der Waals surface area contributed by atoms with Crippen LogP contribution in [0.2, 0.25) is 0 Å². The summed E-state index contributed by atoms with van der Waals surface area (Å²) in [4.78, 5) is 18.5. The largest absolute Gasteiger partial charge is 0.296 e. The highest BCUT2D eigenvalue weighted by molar-refractivity contribution is 6.37. The van der Waals surface area contributed by atoms with Crippen molar-refractivity contribution in [3.05, 3.63) is 29.6 Å². The van der Waals surface area contributed by atoms with Crippen molar-refractivity contribution in [2.24, 2.45) is 4.99 Å². The van der Waals surface area contributed by atoms with Crippen LogP contribution in [0.4, 0.5) is 0 Å². The molecule has 0 N–H and O–H groups in total. The van der Waals surface area contributed by atoms with Gasteiger partial charge in [-0.3, -0.25) is 14.8 Å². The Labute approximate surface area is 63.8 Å². The molecule has 0 unspecified atom stereocenters. The lowest BCUT2D eigenvalue weighted by atomic mass is 10.1. The fraction of sp³-hybridized carbons (Fsp3) is 0.125. The molecule has 1 aromatic heterocycles. The second kappa shape index (κ2) is 2.27. The standard InChI is InChI=1S/C8H6N2O/c11-5-8-6-2-1-3-9-7(6)4-10-8/h1-3,5H,4H2. The van der Waals surface area contributed by atoms with Gasteiger partial charge in [0.2, 0.25) is 0 Å². The Balaban J connectivity index is 2.56. The average Bonchev–Trinajstić information content (AvgIpc) is 2.47. The number of aliphatic imine (C=N–C) groups is 1. The highest BCUT2D eigenvalue weighted by Crippen LogP contribution is 2.13. The van der Waals surface area contributed by atoms with Gasteiger partial charge < -0.3 is 0 Å². The summed E-state index contributed by atoms with van der Waals surface area (Å²) in [6, 6.07) is 3.67. The summed E-state index contributed by atoms with van der Waals surface area (Å²) in [6.45, 7) is 0.546. The van der Waals surface area contributed by atoms with Crippen LogP contribution in [0.3, 0.4) is 0 Å². The summed E-state index contributed by atoms with van der Waals surface area (Å²) in [5.74, 6) is 0. The van der Waals surface area contributed by atoms with Crippen molar-refractivity contribution in [1.29, 1.82) is 0 Å². The number of hydrogen-bond donors (Lipinski definition) is 0. The van der Waals surface area contributed by atoms with Crippen molar-refractivity contribution >= 4 is 12.0 Å². The Morgan fingerprint density at radius 2 is 2.45 bits per heavy atom. The van der Waals surface area contributed by atoms with Gasteiger partial charge in [-0.15, -0.1) is 0 Å². The molecule has 0 saturated heterocycles. The summed E-state index contributed by atoms with van der Waals surface area (Å²) < 4.78 is 0. The number of aromatic nitrogens is 1. The third-order valence-corrected chi connectivity index (χ3v) is 1.68. The quantitative estimate of drug-likeness (QED) is 0.544. The van der Waals surface area contributed by atoms with E-state index < -0.39 is 0 Å². The van der Waals surface area contributed by atoms with E-state index in [0.29, 0.717) is 12.3 Å². The molecule has 0 spiro atoms. The summed E-state index contributed by atoms with van der Waals surface area (Å²) >= 11 is 0. The molecule has 0 bridgehead atoms. The third kappa shape index (κ3) is 0.852. The molecule has 0 radical (unpaired) electrons. The fourth-order valence-electron chi connectivity index (χ4n) is 1.14. The van der Waals surface area contributed by atoms with Crippen LogP contribution in [0, 0.1) is 0 Å². The Morgan fingerprint density at radius 1 is 1.55 bits per heavy atom. The van der Waals surface area contributed by atoms with Crippen LogP contribution in [0.5, 0.6) is 0 Å². The second-order valence-electron chi connectivity index (χ2n) is 2.32. The minimum Gasteiger partial charge on any atom is -0.296 e. The maximum Gasteiger partial charge on any atom is 0.168 e. The second-order valence-corrected chi connectivity index (χ2v) is 2.32. The Kier molecular flexibility index (Phi) is 1.28. The van der Waals surface area contributed by atoms with E-state index in [1.807, 2.05) is 12.1 Å². The highest BCUT2D eigenvalue weighted by Gasteiger charge is 2.14. The molecule has 1 aromatic rings. The predicted octanol–water partition coefficient (Wildman–Crippen LogP) is 0.583. The maximum absolute atomic E-state index is 10.4. The first-order chi connectivity index (χ1) is 5.42. The van der Waals surface area contributed by atoms with Gasteiger partial charge in [-0.05, 0) is 12.1 Å². The van der Waals surface area contributed by atoms with E-state index in [1.165, 1.54) is 0 Å². The fourth-order valence-corrected chi connectivity index (χ4v) is 1.14. The van der Waals surface area contributed by atoms with Gasteiger partial charge in [0.1, 0.15) is 5.71 Å². The normalized spacial score (nSPS) is 14.0. The van der Waals surface area contributed by atoms with Crippen molar-refractivity contribution in [2.45, 2.75) is 6.54 Å². The van der Waals surface area contributed by atoms with Gasteiger partial charge in [0.05, 0.1) is 12.2 Å². The number of rotatable bonds is 1. The molecule has 0 fully saturated rings. The van der Waals surface area contributed by atoms with E-state index in [1.54, 1.807) is 6.20 Å². The molecular formula is C8H6N2O. The number of hydrogen-bond acceptors (Lipinski definition) is 3. The molecular weight excluding hydrogens is 140 g/mol. The molecule has 1 aliphatic heterocycles. The molecule has 54 valence electrons. The molecule has 0 aromatic carbocycles. The van der Waals surface area contributed by atoms with Gasteiger partial charge in [0.15, 0.2) is 6.29 Å². The van der Waals surface area contributed by atoms with Crippen LogP contribution in [0.15, 0.2) is 23.3 Å². The molecule has 0 aliphatic carbocycles. The van der Waals surface area contributed by atoms with E-state index in [4.69, 9.17) is 0 Å². The zero-order chi connectivity index (χ0) is 7.68. The van der Waals surface area contributed by atoms with E-state index in [9.17, 15) is 4.79 Å². The lowest BCUT2D eigenvalue weighted by Gasteiger charge is -1.93. The van der Waals surface area contributed by atoms with Crippen LogP contribution in [0.1, 0.15) is 11.3 Å². The van der Waals surface area contributed by atoms with E-state index in [-0.39, 0.29) is 0 Å². The molecule has 0 amide bonds. The van der Waals surface area contributed by atoms with E-state index in [0.717, 1.165) is 17.5 Å². The number of carbonyl (C=O) groups is 1. The maximum atomic E-state index is 10.4. The summed E-state index contributed by atoms with van der Waals surface area (Å²) in [5, 5.41) is 0. The predicted molar refractivity (Wildman–Crippen MR) is 40.5 cm³/mol. The first-order valence-corrected chi connectivity index (χ1v) is 3.35. The summed E-state index contributed by atoms with van der Waals surface area (Å²) in [6.07, 6.45) is 2.48. The molecule has 1 aliphatic rings. The van der Waals surface area contributed by atoms with Crippen molar-refractivity contribution in [2.75, 3.05) is 0 Å². The van der Waals surface area contributed by atoms with Crippen LogP contribution in [-0.2, 0) is 11.3 Å². The molecule has 2 heterocycles. The topological polar surface area (TPSA) is 42.3 Å². The lowest BCUT2D eigenvalue weighted by molar-refractivity contribution is -0.102. The molecule has 0 saturated carbocycles. The van der Waals surface area contributed by atoms with Crippen molar-refractivity contribution in [3.8, 4) is 0 Å². The van der Waals surface area contributed by atoms with E-state index in [2.05, 4.69) is 9.98 Å². The van der Waals surface area contributed by atoms with Crippen LogP contribution in [0.25, 0.3) is 0 Å². The molecule has 2 rings (SSSR count). The lowest BCUT2D eigenvalue weighted by Crippen LogP contribution is -1.99. The first-order valence-electron chi connectivity index (χ1n) is 3.35. The van der Waals surface area contributed by atoms with E-state index >= 15 is 0 Å². The number of carbonyl (C=O) groups excluding carboxylic acids is 1. The third-order valence-electron chi connectivity index (χ3n) is 1.68. The van der Waals surface area contributed by atoms with Gasteiger partial charge in [0.25, 0.3) is 0 Å². The zero-order valence-electron chi connectivity index (χ0n) is 5.82. The van der Waals surface area contributed by atoms with Gasteiger partial charge in [-0.1, -0.05) is 0 Å². The van der Waals surface area contributed by atoms with Gasteiger partial charge in [-0.25, -0.2) is 0 Å². The van der Waals surface area contributed by atoms with Crippen molar-refractivity contribution < 1.29 is 4.79 Å². The first kappa shape index (κ1) is 6.22. The number of fused-ring (bicyclic) bond motifs is 1. The molecule has 3 nitrogen and oxygen atoms in total. The van der Waals surface area contributed by atoms with Gasteiger partial charge >= 0.3 is 0 Å². The van der Waals surface area contributed by atoms with Gasteiger partial charge in [-0.2, -0.15) is 0 Å². The van der Waals surface area contributed by atoms with Crippen LogP contribution in [-0.4, -0.2) is 17.0 Å². The summed E-state index contributed by atoms with van der Waals surface area (Å²) in [5.41, 5.74) is 2.30. The monoisotopic (exact) mass is 146 g/mol.